The molecule has 0 saturated carbocycles. The van der Waals surface area contributed by atoms with E-state index in [2.05, 4.69) is 23.6 Å². The van der Waals surface area contributed by atoms with E-state index in [-0.39, 0.29) is 11.9 Å². The minimum atomic E-state index is -0.0715. The highest BCUT2D eigenvalue weighted by Gasteiger charge is 2.13. The van der Waals surface area contributed by atoms with E-state index in [4.69, 9.17) is 9.47 Å². The number of fused-ring (bicyclic) bond motifs is 1. The maximum Gasteiger partial charge on any atom is 0.251 e. The zero-order valence-electron chi connectivity index (χ0n) is 14.7. The molecule has 1 atom stereocenters. The van der Waals surface area contributed by atoms with Crippen molar-refractivity contribution in [2.24, 2.45) is 0 Å². The Bertz CT molecular complexity index is 745. The van der Waals surface area contributed by atoms with E-state index in [1.165, 1.54) is 0 Å². The van der Waals surface area contributed by atoms with E-state index in [0.717, 1.165) is 29.0 Å². The molecule has 0 bridgehead atoms. The Morgan fingerprint density at radius 3 is 2.72 bits per heavy atom. The van der Waals surface area contributed by atoms with Crippen molar-refractivity contribution < 1.29 is 14.3 Å². The summed E-state index contributed by atoms with van der Waals surface area (Å²) >= 11 is 0. The zero-order valence-corrected chi connectivity index (χ0v) is 14.7. The first-order chi connectivity index (χ1) is 12.2. The molecule has 0 radical (unpaired) electrons. The smallest absolute Gasteiger partial charge is 0.251 e. The highest BCUT2D eigenvalue weighted by Crippen LogP contribution is 2.32. The fraction of sp³-hybridized carbons (Fsp3) is 0.350. The van der Waals surface area contributed by atoms with Gasteiger partial charge in [0.1, 0.15) is 0 Å². The first kappa shape index (κ1) is 17.3. The summed E-state index contributed by atoms with van der Waals surface area (Å²) < 4.78 is 11.4. The SMILES string of the molecule is CNC(=O)c1cccc(CN[C@@H](C)c2ccc3c(c2)OCCCO3)c1. The molecule has 2 aromatic carbocycles. The summed E-state index contributed by atoms with van der Waals surface area (Å²) in [4.78, 5) is 11.7. The second kappa shape index (κ2) is 8.03. The van der Waals surface area contributed by atoms with Crippen LogP contribution < -0.4 is 20.1 Å². The van der Waals surface area contributed by atoms with Crippen molar-refractivity contribution in [1.82, 2.24) is 10.6 Å². The van der Waals surface area contributed by atoms with Crippen molar-refractivity contribution in [2.75, 3.05) is 20.3 Å². The van der Waals surface area contributed by atoms with E-state index < -0.39 is 0 Å². The average Bonchev–Trinajstić information content (AvgIpc) is 2.90. The molecule has 2 N–H and O–H groups in total. The highest BCUT2D eigenvalue weighted by molar-refractivity contribution is 5.94. The molecule has 25 heavy (non-hydrogen) atoms. The number of rotatable bonds is 5. The van der Waals surface area contributed by atoms with Crippen LogP contribution >= 0.6 is 0 Å². The Kier molecular flexibility index (Phi) is 5.56. The van der Waals surface area contributed by atoms with Crippen LogP contribution in [-0.2, 0) is 6.54 Å². The largest absolute Gasteiger partial charge is 0.490 e. The third kappa shape index (κ3) is 4.31. The van der Waals surface area contributed by atoms with Gasteiger partial charge in [0.2, 0.25) is 0 Å². The molecule has 0 fully saturated rings. The van der Waals surface area contributed by atoms with Gasteiger partial charge in [-0.3, -0.25) is 4.79 Å². The Balaban J connectivity index is 1.66. The van der Waals surface area contributed by atoms with Gasteiger partial charge in [0.15, 0.2) is 11.5 Å². The van der Waals surface area contributed by atoms with Crippen molar-refractivity contribution in [3.05, 3.63) is 59.2 Å². The third-order valence-corrected chi connectivity index (χ3v) is 4.30. The van der Waals surface area contributed by atoms with Crippen molar-refractivity contribution in [3.63, 3.8) is 0 Å². The predicted octanol–water partition coefficient (Wildman–Crippen LogP) is 3.06. The minimum Gasteiger partial charge on any atom is -0.490 e. The molecule has 0 aliphatic carbocycles. The molecule has 1 aliphatic rings. The number of nitrogens with one attached hydrogen (secondary N) is 2. The van der Waals surface area contributed by atoms with Gasteiger partial charge >= 0.3 is 0 Å². The molecule has 1 aliphatic heterocycles. The van der Waals surface area contributed by atoms with Crippen LogP contribution in [0.1, 0.15) is 40.9 Å². The van der Waals surface area contributed by atoms with E-state index >= 15 is 0 Å². The van der Waals surface area contributed by atoms with Crippen molar-refractivity contribution >= 4 is 5.91 Å². The van der Waals surface area contributed by atoms with Crippen LogP contribution in [0.3, 0.4) is 0 Å². The minimum absolute atomic E-state index is 0.0715. The standard InChI is InChI=1S/C20H24N2O3/c1-14(16-7-8-18-19(12-16)25-10-4-9-24-18)22-13-15-5-3-6-17(11-15)20(23)21-2/h3,5-8,11-12,14,22H,4,9-10,13H2,1-2H3,(H,21,23)/t14-/m0/s1. The van der Waals surface area contributed by atoms with E-state index in [1.54, 1.807) is 7.05 Å². The summed E-state index contributed by atoms with van der Waals surface area (Å²) in [5.41, 5.74) is 2.89. The number of carbonyl (C=O) groups is 1. The number of benzene rings is 2. The monoisotopic (exact) mass is 340 g/mol. The van der Waals surface area contributed by atoms with Crippen LogP contribution in [0.4, 0.5) is 0 Å². The quantitative estimate of drug-likeness (QED) is 0.878. The number of hydrogen-bond donors (Lipinski definition) is 2. The zero-order chi connectivity index (χ0) is 17.6. The summed E-state index contributed by atoms with van der Waals surface area (Å²) in [6.07, 6.45) is 0.902. The molecule has 2 aromatic rings. The van der Waals surface area contributed by atoms with Gasteiger partial charge in [0, 0.05) is 31.6 Å². The van der Waals surface area contributed by atoms with Crippen LogP contribution in [0.25, 0.3) is 0 Å². The van der Waals surface area contributed by atoms with Gasteiger partial charge in [-0.2, -0.15) is 0 Å². The van der Waals surface area contributed by atoms with Gasteiger partial charge in [-0.15, -0.1) is 0 Å². The summed E-state index contributed by atoms with van der Waals surface area (Å²) in [6.45, 7) is 4.18. The molecule has 0 unspecified atom stereocenters. The summed E-state index contributed by atoms with van der Waals surface area (Å²) in [5.74, 6) is 1.55. The Morgan fingerprint density at radius 1 is 1.12 bits per heavy atom. The van der Waals surface area contributed by atoms with Crippen LogP contribution in [0.2, 0.25) is 0 Å². The lowest BCUT2D eigenvalue weighted by atomic mass is 10.1. The molecule has 1 amide bonds. The number of carbonyl (C=O) groups excluding carboxylic acids is 1. The van der Waals surface area contributed by atoms with E-state index in [1.807, 2.05) is 36.4 Å². The topological polar surface area (TPSA) is 59.6 Å². The highest BCUT2D eigenvalue weighted by atomic mass is 16.5. The van der Waals surface area contributed by atoms with Crippen molar-refractivity contribution in [3.8, 4) is 11.5 Å². The van der Waals surface area contributed by atoms with Crippen LogP contribution in [0.5, 0.6) is 11.5 Å². The van der Waals surface area contributed by atoms with Crippen molar-refractivity contribution in [1.29, 1.82) is 0 Å². The third-order valence-electron chi connectivity index (χ3n) is 4.30. The molecule has 132 valence electrons. The van der Waals surface area contributed by atoms with Crippen LogP contribution in [0, 0.1) is 0 Å². The first-order valence-corrected chi connectivity index (χ1v) is 8.61. The molecular formula is C20H24N2O3. The molecular weight excluding hydrogens is 316 g/mol. The second-order valence-corrected chi connectivity index (χ2v) is 6.14. The summed E-state index contributed by atoms with van der Waals surface area (Å²) in [5, 5.41) is 6.14. The van der Waals surface area contributed by atoms with Gasteiger partial charge in [0.05, 0.1) is 13.2 Å². The first-order valence-electron chi connectivity index (χ1n) is 8.61. The maximum atomic E-state index is 11.7. The normalized spacial score (nSPS) is 14.5. The van der Waals surface area contributed by atoms with Gasteiger partial charge in [-0.25, -0.2) is 0 Å². The van der Waals surface area contributed by atoms with Crippen LogP contribution in [-0.4, -0.2) is 26.2 Å². The Morgan fingerprint density at radius 2 is 1.92 bits per heavy atom. The lowest BCUT2D eigenvalue weighted by Crippen LogP contribution is -2.20. The van der Waals surface area contributed by atoms with Gasteiger partial charge < -0.3 is 20.1 Å². The Labute approximate surface area is 148 Å². The lowest BCUT2D eigenvalue weighted by Gasteiger charge is -2.17. The Hall–Kier alpha value is -2.53. The van der Waals surface area contributed by atoms with Gasteiger partial charge in [-0.1, -0.05) is 18.2 Å². The molecule has 0 aromatic heterocycles. The second-order valence-electron chi connectivity index (χ2n) is 6.14. The molecule has 1 heterocycles. The summed E-state index contributed by atoms with van der Waals surface area (Å²) in [6, 6.07) is 13.9. The molecule has 0 spiro atoms. The lowest BCUT2D eigenvalue weighted by molar-refractivity contribution is 0.0963. The molecule has 5 heteroatoms. The number of hydrogen-bond acceptors (Lipinski definition) is 4. The fourth-order valence-electron chi connectivity index (χ4n) is 2.80. The van der Waals surface area contributed by atoms with Gasteiger partial charge in [0.25, 0.3) is 5.91 Å². The van der Waals surface area contributed by atoms with E-state index in [0.29, 0.717) is 25.3 Å². The molecule has 0 saturated heterocycles. The van der Waals surface area contributed by atoms with Gasteiger partial charge in [-0.05, 0) is 42.3 Å². The van der Waals surface area contributed by atoms with E-state index in [9.17, 15) is 4.79 Å². The van der Waals surface area contributed by atoms with Crippen LogP contribution in [0.15, 0.2) is 42.5 Å². The number of ether oxygens (including phenoxy) is 2. The maximum absolute atomic E-state index is 11.7. The molecule has 5 nitrogen and oxygen atoms in total. The molecule has 3 rings (SSSR count). The van der Waals surface area contributed by atoms with Crippen molar-refractivity contribution in [2.45, 2.75) is 25.9 Å². The summed E-state index contributed by atoms with van der Waals surface area (Å²) in [7, 11) is 1.64. The average molecular weight is 340 g/mol. The fourth-order valence-corrected chi connectivity index (χ4v) is 2.80. The number of amides is 1. The predicted molar refractivity (Wildman–Crippen MR) is 97.1 cm³/mol.